The maximum Gasteiger partial charge on any atom is 0.215 e. The molecule has 0 aliphatic heterocycles. The summed E-state index contributed by atoms with van der Waals surface area (Å²) in [6, 6.07) is 6.32. The zero-order valence-corrected chi connectivity index (χ0v) is 16.2. The highest BCUT2D eigenvalue weighted by Gasteiger charge is 2.18. The van der Waals surface area contributed by atoms with Crippen LogP contribution >= 0.6 is 0 Å². The van der Waals surface area contributed by atoms with Crippen molar-refractivity contribution in [3.8, 4) is 0 Å². The Bertz CT molecular complexity index is 653. The molecule has 0 spiro atoms. The van der Waals surface area contributed by atoms with Crippen LogP contribution in [0.2, 0.25) is 0 Å². The Kier molecular flexibility index (Phi) is 8.21. The van der Waals surface area contributed by atoms with Gasteiger partial charge < -0.3 is 10.6 Å². The first-order valence-corrected chi connectivity index (χ1v) is 9.93. The lowest BCUT2D eigenvalue weighted by molar-refractivity contribution is 0.445. The molecule has 0 saturated carbocycles. The van der Waals surface area contributed by atoms with E-state index in [1.165, 1.54) is 21.0 Å². The Hall–Kier alpha value is -1.60. The highest BCUT2D eigenvalue weighted by molar-refractivity contribution is 7.89. The third-order valence-electron chi connectivity index (χ3n) is 3.92. The minimum Gasteiger partial charge on any atom is -0.355 e. The number of sulfonamides is 1. The molecule has 0 aliphatic carbocycles. The van der Waals surface area contributed by atoms with E-state index in [0.717, 1.165) is 0 Å². The van der Waals surface area contributed by atoms with Crippen molar-refractivity contribution in [1.29, 1.82) is 0 Å². The molecule has 0 bridgehead atoms. The quantitative estimate of drug-likeness (QED) is 0.550. The molecule has 24 heavy (non-hydrogen) atoms. The van der Waals surface area contributed by atoms with Gasteiger partial charge in [0.15, 0.2) is 5.96 Å². The topological polar surface area (TPSA) is 73.8 Å². The van der Waals surface area contributed by atoms with E-state index in [2.05, 4.69) is 47.7 Å². The fourth-order valence-electron chi connectivity index (χ4n) is 2.49. The number of guanidine groups is 1. The van der Waals surface area contributed by atoms with Gasteiger partial charge in [0.25, 0.3) is 0 Å². The number of benzene rings is 1. The number of hydrogen-bond donors (Lipinski definition) is 2. The minimum atomic E-state index is -3.22. The summed E-state index contributed by atoms with van der Waals surface area (Å²) >= 11 is 0. The van der Waals surface area contributed by atoms with Crippen LogP contribution in [0, 0.1) is 13.8 Å². The zero-order valence-electron chi connectivity index (χ0n) is 15.4. The Balaban J connectivity index is 2.51. The van der Waals surface area contributed by atoms with Gasteiger partial charge in [0, 0.05) is 33.2 Å². The van der Waals surface area contributed by atoms with Crippen molar-refractivity contribution in [1.82, 2.24) is 14.9 Å². The third-order valence-corrected chi connectivity index (χ3v) is 5.94. The molecular weight excluding hydrogens is 324 g/mol. The van der Waals surface area contributed by atoms with Gasteiger partial charge in [0.1, 0.15) is 0 Å². The number of aliphatic imine (C=N–C) groups is 1. The van der Waals surface area contributed by atoms with Crippen LogP contribution in [0.3, 0.4) is 0 Å². The van der Waals surface area contributed by atoms with E-state index in [-0.39, 0.29) is 5.75 Å². The molecule has 136 valence electrons. The van der Waals surface area contributed by atoms with E-state index in [1.807, 2.05) is 13.8 Å². The Morgan fingerprint density at radius 3 is 2.38 bits per heavy atom. The summed E-state index contributed by atoms with van der Waals surface area (Å²) in [6.45, 7) is 9.81. The molecule has 0 fully saturated rings. The fraction of sp³-hybridized carbons (Fsp3) is 0.588. The van der Waals surface area contributed by atoms with Crippen LogP contribution in [-0.2, 0) is 16.6 Å². The SMILES string of the molecule is CCN(CC)S(=O)(=O)CCNC(=NC)NCc1ccc(C)cc1C. The average molecular weight is 355 g/mol. The maximum absolute atomic E-state index is 12.1. The largest absolute Gasteiger partial charge is 0.355 e. The van der Waals surface area contributed by atoms with Crippen molar-refractivity contribution in [2.75, 3.05) is 32.4 Å². The van der Waals surface area contributed by atoms with Crippen molar-refractivity contribution >= 4 is 16.0 Å². The Labute approximate surface area is 146 Å². The van der Waals surface area contributed by atoms with Crippen molar-refractivity contribution in [2.45, 2.75) is 34.2 Å². The van der Waals surface area contributed by atoms with Gasteiger partial charge in [-0.1, -0.05) is 37.6 Å². The molecule has 0 saturated heterocycles. The second-order valence-electron chi connectivity index (χ2n) is 5.68. The van der Waals surface area contributed by atoms with Gasteiger partial charge in [0.2, 0.25) is 10.0 Å². The third kappa shape index (κ3) is 6.13. The molecule has 0 aromatic heterocycles. The zero-order chi connectivity index (χ0) is 18.2. The van der Waals surface area contributed by atoms with Crippen molar-refractivity contribution in [2.24, 2.45) is 4.99 Å². The first-order chi connectivity index (χ1) is 11.3. The van der Waals surface area contributed by atoms with Crippen LogP contribution in [0.15, 0.2) is 23.2 Å². The van der Waals surface area contributed by atoms with Gasteiger partial charge in [-0.3, -0.25) is 4.99 Å². The summed E-state index contributed by atoms with van der Waals surface area (Å²) in [7, 11) is -1.54. The van der Waals surface area contributed by atoms with Crippen molar-refractivity contribution < 1.29 is 8.42 Å². The van der Waals surface area contributed by atoms with Gasteiger partial charge in [-0.25, -0.2) is 12.7 Å². The fourth-order valence-corrected chi connectivity index (χ4v) is 3.89. The number of rotatable bonds is 8. The monoisotopic (exact) mass is 354 g/mol. The summed E-state index contributed by atoms with van der Waals surface area (Å²) in [5, 5.41) is 6.28. The molecule has 0 heterocycles. The summed E-state index contributed by atoms with van der Waals surface area (Å²) < 4.78 is 25.8. The lowest BCUT2D eigenvalue weighted by Gasteiger charge is -2.19. The van der Waals surface area contributed by atoms with Crippen LogP contribution in [0.1, 0.15) is 30.5 Å². The second kappa shape index (κ2) is 9.64. The van der Waals surface area contributed by atoms with Crippen molar-refractivity contribution in [3.05, 3.63) is 34.9 Å². The summed E-state index contributed by atoms with van der Waals surface area (Å²) in [4.78, 5) is 4.14. The smallest absolute Gasteiger partial charge is 0.215 e. The van der Waals surface area contributed by atoms with Crippen LogP contribution in [-0.4, -0.2) is 51.1 Å². The maximum atomic E-state index is 12.1. The van der Waals surface area contributed by atoms with Gasteiger partial charge in [-0.15, -0.1) is 0 Å². The van der Waals surface area contributed by atoms with E-state index in [0.29, 0.717) is 32.1 Å². The summed E-state index contributed by atoms with van der Waals surface area (Å²) in [6.07, 6.45) is 0. The normalized spacial score (nSPS) is 12.5. The molecule has 2 N–H and O–H groups in total. The predicted octanol–water partition coefficient (Wildman–Crippen LogP) is 1.64. The van der Waals surface area contributed by atoms with Crippen LogP contribution < -0.4 is 10.6 Å². The predicted molar refractivity (Wildman–Crippen MR) is 101 cm³/mol. The molecule has 0 unspecified atom stereocenters. The number of nitrogens with zero attached hydrogens (tertiary/aromatic N) is 2. The molecule has 6 nitrogen and oxygen atoms in total. The average Bonchev–Trinajstić information content (AvgIpc) is 2.52. The number of aryl methyl sites for hydroxylation is 2. The van der Waals surface area contributed by atoms with Crippen LogP contribution in [0.4, 0.5) is 0 Å². The Morgan fingerprint density at radius 2 is 1.83 bits per heavy atom. The summed E-state index contributed by atoms with van der Waals surface area (Å²) in [5.74, 6) is 0.656. The van der Waals surface area contributed by atoms with Crippen LogP contribution in [0.25, 0.3) is 0 Å². The highest BCUT2D eigenvalue weighted by Crippen LogP contribution is 2.09. The minimum absolute atomic E-state index is 0.0545. The van der Waals surface area contributed by atoms with E-state index in [9.17, 15) is 8.42 Å². The molecule has 0 amide bonds. The highest BCUT2D eigenvalue weighted by atomic mass is 32.2. The van der Waals surface area contributed by atoms with Crippen LogP contribution in [0.5, 0.6) is 0 Å². The molecule has 0 atom stereocenters. The van der Waals surface area contributed by atoms with Gasteiger partial charge >= 0.3 is 0 Å². The molecule has 0 aliphatic rings. The van der Waals surface area contributed by atoms with E-state index in [4.69, 9.17) is 0 Å². The standard InChI is InChI=1S/C17H30N4O2S/c1-6-21(7-2)24(22,23)11-10-19-17(18-5)20-13-16-9-8-14(3)12-15(16)4/h8-9,12H,6-7,10-11,13H2,1-5H3,(H2,18,19,20). The molecule has 1 rings (SSSR count). The lowest BCUT2D eigenvalue weighted by atomic mass is 10.1. The second-order valence-corrected chi connectivity index (χ2v) is 7.77. The Morgan fingerprint density at radius 1 is 1.17 bits per heavy atom. The molecular formula is C17H30N4O2S. The molecule has 1 aromatic rings. The molecule has 7 heteroatoms. The summed E-state index contributed by atoms with van der Waals surface area (Å²) in [5.41, 5.74) is 3.65. The number of hydrogen-bond acceptors (Lipinski definition) is 3. The van der Waals surface area contributed by atoms with Crippen molar-refractivity contribution in [3.63, 3.8) is 0 Å². The molecule has 0 radical (unpaired) electrons. The van der Waals surface area contributed by atoms with E-state index < -0.39 is 10.0 Å². The molecule has 1 aromatic carbocycles. The first kappa shape index (κ1) is 20.4. The van der Waals surface area contributed by atoms with Gasteiger partial charge in [-0.2, -0.15) is 0 Å². The lowest BCUT2D eigenvalue weighted by Crippen LogP contribution is -2.41. The number of nitrogens with one attached hydrogen (secondary N) is 2. The van der Waals surface area contributed by atoms with Gasteiger partial charge in [0.05, 0.1) is 5.75 Å². The van der Waals surface area contributed by atoms with E-state index in [1.54, 1.807) is 7.05 Å². The first-order valence-electron chi connectivity index (χ1n) is 8.32. The van der Waals surface area contributed by atoms with E-state index >= 15 is 0 Å². The van der Waals surface area contributed by atoms with Gasteiger partial charge in [-0.05, 0) is 25.0 Å².